The molecule has 0 heterocycles. The van der Waals surface area contributed by atoms with Gasteiger partial charge in [0.05, 0.1) is 12.6 Å². The summed E-state index contributed by atoms with van der Waals surface area (Å²) in [5.41, 5.74) is 5.59. The fourth-order valence-electron chi connectivity index (χ4n) is 1.01. The summed E-state index contributed by atoms with van der Waals surface area (Å²) in [4.78, 5) is 24.1. The highest BCUT2D eigenvalue weighted by Crippen LogP contribution is 1.96. The lowest BCUT2D eigenvalue weighted by Gasteiger charge is -2.22. The number of likely N-dealkylation sites (N-methyl/N-ethyl adjacent to an activating group) is 2. The van der Waals surface area contributed by atoms with Crippen LogP contribution >= 0.6 is 0 Å². The third-order valence-corrected chi connectivity index (χ3v) is 2.06. The molecular weight excluding hydrogens is 182 g/mol. The van der Waals surface area contributed by atoms with Gasteiger partial charge in [-0.2, -0.15) is 0 Å². The first kappa shape index (κ1) is 12.9. The monoisotopic (exact) mass is 201 g/mol. The normalized spacial score (nSPS) is 12.0. The largest absolute Gasteiger partial charge is 0.358 e. The summed E-state index contributed by atoms with van der Waals surface area (Å²) in [7, 11) is 1.54. The van der Waals surface area contributed by atoms with Gasteiger partial charge in [-0.3, -0.25) is 9.59 Å². The number of nitrogens with zero attached hydrogens (tertiary/aromatic N) is 1. The van der Waals surface area contributed by atoms with Gasteiger partial charge >= 0.3 is 0 Å². The molecule has 3 N–H and O–H groups in total. The number of carbonyl (C=O) groups is 2. The van der Waals surface area contributed by atoms with Gasteiger partial charge in [0.15, 0.2) is 0 Å². The third-order valence-electron chi connectivity index (χ3n) is 2.06. The van der Waals surface area contributed by atoms with Crippen LogP contribution in [0.5, 0.6) is 0 Å². The van der Waals surface area contributed by atoms with E-state index in [1.54, 1.807) is 7.05 Å². The number of rotatable bonds is 5. The van der Waals surface area contributed by atoms with Gasteiger partial charge in [-0.05, 0) is 13.3 Å². The Hall–Kier alpha value is -1.10. The summed E-state index contributed by atoms with van der Waals surface area (Å²) in [5.74, 6) is -0.345. The molecule has 0 radical (unpaired) electrons. The average molecular weight is 201 g/mol. The van der Waals surface area contributed by atoms with Crippen molar-refractivity contribution in [1.82, 2.24) is 10.2 Å². The van der Waals surface area contributed by atoms with Crippen molar-refractivity contribution in [3.05, 3.63) is 0 Å². The van der Waals surface area contributed by atoms with Crippen molar-refractivity contribution in [2.45, 2.75) is 26.3 Å². The number of nitrogens with two attached hydrogens (primary N) is 1. The molecule has 0 aliphatic rings. The van der Waals surface area contributed by atoms with Crippen molar-refractivity contribution in [2.24, 2.45) is 5.73 Å². The molecule has 14 heavy (non-hydrogen) atoms. The van der Waals surface area contributed by atoms with E-state index < -0.39 is 6.04 Å². The van der Waals surface area contributed by atoms with Gasteiger partial charge in [0.25, 0.3) is 0 Å². The fourth-order valence-corrected chi connectivity index (χ4v) is 1.01. The van der Waals surface area contributed by atoms with Crippen molar-refractivity contribution in [3.63, 3.8) is 0 Å². The molecule has 5 nitrogen and oxygen atoms in total. The molecule has 0 aromatic carbocycles. The summed E-state index contributed by atoms with van der Waals surface area (Å²) < 4.78 is 0. The van der Waals surface area contributed by atoms with Crippen LogP contribution in [0.3, 0.4) is 0 Å². The third kappa shape index (κ3) is 3.74. The number of carbonyl (C=O) groups excluding carboxylic acids is 2. The van der Waals surface area contributed by atoms with Crippen LogP contribution in [-0.2, 0) is 9.59 Å². The molecule has 0 aliphatic heterocycles. The Bertz CT molecular complexity index is 206. The molecule has 5 heteroatoms. The van der Waals surface area contributed by atoms with Crippen LogP contribution in [-0.4, -0.2) is 42.9 Å². The summed E-state index contributed by atoms with van der Waals surface area (Å²) in [6, 6.07) is -0.500. The van der Waals surface area contributed by atoms with E-state index in [2.05, 4.69) is 5.32 Å². The zero-order valence-corrected chi connectivity index (χ0v) is 9.04. The maximum Gasteiger partial charge on any atom is 0.239 e. The van der Waals surface area contributed by atoms with Gasteiger partial charge < -0.3 is 16.0 Å². The van der Waals surface area contributed by atoms with Gasteiger partial charge in [0.1, 0.15) is 0 Å². The van der Waals surface area contributed by atoms with E-state index in [-0.39, 0.29) is 18.4 Å². The van der Waals surface area contributed by atoms with Crippen LogP contribution < -0.4 is 11.1 Å². The fraction of sp³-hybridized carbons (Fsp3) is 0.778. The van der Waals surface area contributed by atoms with Crippen LogP contribution in [0.25, 0.3) is 0 Å². The number of hydrogen-bond acceptors (Lipinski definition) is 3. The second-order valence-corrected chi connectivity index (χ2v) is 3.04. The Kier molecular flexibility index (Phi) is 5.87. The maximum atomic E-state index is 11.6. The lowest BCUT2D eigenvalue weighted by Crippen LogP contribution is -2.47. The van der Waals surface area contributed by atoms with E-state index in [1.807, 2.05) is 13.8 Å². The molecule has 0 aromatic heterocycles. The van der Waals surface area contributed by atoms with E-state index in [9.17, 15) is 9.59 Å². The molecule has 0 aliphatic carbocycles. The first-order valence-electron chi connectivity index (χ1n) is 4.81. The van der Waals surface area contributed by atoms with E-state index in [1.165, 1.54) is 4.90 Å². The quantitative estimate of drug-likeness (QED) is 0.618. The van der Waals surface area contributed by atoms with E-state index in [0.29, 0.717) is 13.0 Å². The highest BCUT2D eigenvalue weighted by molar-refractivity contribution is 5.87. The first-order chi connectivity index (χ1) is 6.56. The second-order valence-electron chi connectivity index (χ2n) is 3.04. The molecule has 0 aromatic rings. The molecule has 0 saturated heterocycles. The number of nitrogens with one attached hydrogen (secondary N) is 1. The summed E-state index contributed by atoms with van der Waals surface area (Å²) in [6.45, 7) is 4.25. The van der Waals surface area contributed by atoms with Crippen molar-refractivity contribution < 1.29 is 9.59 Å². The molecule has 0 bridgehead atoms. The molecule has 0 spiro atoms. The first-order valence-corrected chi connectivity index (χ1v) is 4.81. The smallest absolute Gasteiger partial charge is 0.239 e. The zero-order chi connectivity index (χ0) is 11.1. The SMILES string of the molecule is CCC(N)C(=O)N(CC)CC(=O)NC. The van der Waals surface area contributed by atoms with Gasteiger partial charge in [-0.1, -0.05) is 6.92 Å². The van der Waals surface area contributed by atoms with E-state index in [0.717, 1.165) is 0 Å². The Balaban J connectivity index is 4.26. The minimum atomic E-state index is -0.500. The molecule has 1 atom stereocenters. The Morgan fingerprint density at radius 1 is 1.43 bits per heavy atom. The van der Waals surface area contributed by atoms with Crippen molar-refractivity contribution >= 4 is 11.8 Å². The predicted molar refractivity (Wildman–Crippen MR) is 54.6 cm³/mol. The van der Waals surface area contributed by atoms with Crippen LogP contribution in [0.15, 0.2) is 0 Å². The molecule has 0 fully saturated rings. The predicted octanol–water partition coefficient (Wildman–Crippen LogP) is -0.682. The Morgan fingerprint density at radius 2 is 2.00 bits per heavy atom. The highest BCUT2D eigenvalue weighted by Gasteiger charge is 2.19. The zero-order valence-electron chi connectivity index (χ0n) is 9.04. The molecule has 82 valence electrons. The van der Waals surface area contributed by atoms with Crippen molar-refractivity contribution in [1.29, 1.82) is 0 Å². The summed E-state index contributed by atoms with van der Waals surface area (Å²) in [5, 5.41) is 2.47. The highest BCUT2D eigenvalue weighted by atomic mass is 16.2. The number of hydrogen-bond donors (Lipinski definition) is 2. The van der Waals surface area contributed by atoms with Gasteiger partial charge in [-0.25, -0.2) is 0 Å². The van der Waals surface area contributed by atoms with E-state index >= 15 is 0 Å². The average Bonchev–Trinajstić information content (AvgIpc) is 2.23. The van der Waals surface area contributed by atoms with Crippen molar-refractivity contribution in [2.75, 3.05) is 20.1 Å². The Labute approximate surface area is 84.6 Å². The molecule has 0 rings (SSSR count). The molecular formula is C9H19N3O2. The van der Waals surface area contributed by atoms with E-state index in [4.69, 9.17) is 5.73 Å². The summed E-state index contributed by atoms with van der Waals surface area (Å²) >= 11 is 0. The lowest BCUT2D eigenvalue weighted by molar-refractivity contribution is -0.136. The van der Waals surface area contributed by atoms with Crippen LogP contribution in [0.4, 0.5) is 0 Å². The lowest BCUT2D eigenvalue weighted by atomic mass is 10.2. The minimum absolute atomic E-state index is 0.0829. The Morgan fingerprint density at radius 3 is 2.36 bits per heavy atom. The molecule has 1 unspecified atom stereocenters. The molecule has 2 amide bonds. The molecule has 0 saturated carbocycles. The minimum Gasteiger partial charge on any atom is -0.358 e. The second kappa shape index (κ2) is 6.37. The van der Waals surface area contributed by atoms with Gasteiger partial charge in [0.2, 0.25) is 11.8 Å². The standard InChI is InChI=1S/C9H19N3O2/c1-4-7(10)9(14)12(5-2)6-8(13)11-3/h7H,4-6,10H2,1-3H3,(H,11,13). The number of amides is 2. The van der Waals surface area contributed by atoms with Crippen LogP contribution in [0.2, 0.25) is 0 Å². The van der Waals surface area contributed by atoms with Gasteiger partial charge in [0, 0.05) is 13.6 Å². The van der Waals surface area contributed by atoms with Crippen LogP contribution in [0, 0.1) is 0 Å². The maximum absolute atomic E-state index is 11.6. The van der Waals surface area contributed by atoms with Gasteiger partial charge in [-0.15, -0.1) is 0 Å². The van der Waals surface area contributed by atoms with Crippen LogP contribution in [0.1, 0.15) is 20.3 Å². The summed E-state index contributed by atoms with van der Waals surface area (Å²) in [6.07, 6.45) is 0.586. The topological polar surface area (TPSA) is 75.4 Å². The van der Waals surface area contributed by atoms with Crippen molar-refractivity contribution in [3.8, 4) is 0 Å².